The van der Waals surface area contributed by atoms with Crippen molar-refractivity contribution in [2.24, 2.45) is 0 Å². The second-order valence-electron chi connectivity index (χ2n) is 5.57. The number of ether oxygens (including phenoxy) is 1. The first-order valence-corrected chi connectivity index (χ1v) is 6.12. The molecule has 3 heteroatoms. The van der Waals surface area contributed by atoms with Crippen LogP contribution in [0.15, 0.2) is 24.3 Å². The molecule has 0 aliphatic carbocycles. The maximum Gasteiger partial charge on any atom is 0.121 e. The van der Waals surface area contributed by atoms with Crippen LogP contribution in [0.3, 0.4) is 0 Å². The fourth-order valence-corrected chi connectivity index (χ4v) is 1.98. The van der Waals surface area contributed by atoms with E-state index in [1.807, 2.05) is 19.1 Å². The van der Waals surface area contributed by atoms with Crippen molar-refractivity contribution in [3.05, 3.63) is 30.0 Å². The number of rotatable bonds is 2. The molecule has 1 heterocycles. The van der Waals surface area contributed by atoms with Gasteiger partial charge in [-0.1, -0.05) is 0 Å². The Bertz CT molecular complexity index is 570. The quantitative estimate of drug-likeness (QED) is 0.873. The third kappa shape index (κ3) is 2.73. The molecule has 0 spiro atoms. The zero-order valence-corrected chi connectivity index (χ0v) is 11.7. The summed E-state index contributed by atoms with van der Waals surface area (Å²) in [6.07, 6.45) is 0. The van der Waals surface area contributed by atoms with E-state index in [4.69, 9.17) is 4.74 Å². The molecular formula is C15H20N2O. The molecular weight excluding hydrogens is 224 g/mol. The first kappa shape index (κ1) is 12.7. The lowest BCUT2D eigenvalue weighted by Crippen LogP contribution is -2.26. The molecule has 0 amide bonds. The number of hydrogen-bond acceptors (Lipinski definition) is 3. The van der Waals surface area contributed by atoms with Crippen molar-refractivity contribution in [3.63, 3.8) is 0 Å². The van der Waals surface area contributed by atoms with Crippen LogP contribution in [0.5, 0.6) is 5.75 Å². The Hall–Kier alpha value is -1.77. The summed E-state index contributed by atoms with van der Waals surface area (Å²) < 4.78 is 5.24. The molecule has 1 N–H and O–H groups in total. The van der Waals surface area contributed by atoms with Gasteiger partial charge < -0.3 is 10.1 Å². The lowest BCUT2D eigenvalue weighted by atomic mass is 10.1. The Morgan fingerprint density at radius 2 is 1.89 bits per heavy atom. The van der Waals surface area contributed by atoms with E-state index in [1.165, 1.54) is 0 Å². The Labute approximate surface area is 108 Å². The van der Waals surface area contributed by atoms with Crippen molar-refractivity contribution < 1.29 is 4.74 Å². The molecule has 0 radical (unpaired) electrons. The maximum absolute atomic E-state index is 5.24. The lowest BCUT2D eigenvalue weighted by Gasteiger charge is -2.23. The number of nitrogens with one attached hydrogen (secondary N) is 1. The van der Waals surface area contributed by atoms with E-state index in [2.05, 4.69) is 43.2 Å². The second kappa shape index (κ2) is 4.48. The van der Waals surface area contributed by atoms with Gasteiger partial charge in [0.25, 0.3) is 0 Å². The predicted octanol–water partition coefficient (Wildman–Crippen LogP) is 3.76. The summed E-state index contributed by atoms with van der Waals surface area (Å²) in [4.78, 5) is 4.55. The highest BCUT2D eigenvalue weighted by Gasteiger charge is 2.12. The monoisotopic (exact) mass is 244 g/mol. The van der Waals surface area contributed by atoms with Crippen LogP contribution >= 0.6 is 0 Å². The van der Waals surface area contributed by atoms with Gasteiger partial charge in [0, 0.05) is 28.4 Å². The van der Waals surface area contributed by atoms with E-state index < -0.39 is 0 Å². The normalized spacial score (nSPS) is 11.6. The highest BCUT2D eigenvalue weighted by atomic mass is 16.5. The molecule has 0 saturated carbocycles. The first-order valence-electron chi connectivity index (χ1n) is 6.12. The van der Waals surface area contributed by atoms with Gasteiger partial charge in [0.2, 0.25) is 0 Å². The number of pyridine rings is 1. The van der Waals surface area contributed by atoms with E-state index in [0.29, 0.717) is 0 Å². The minimum absolute atomic E-state index is 0.0284. The first-order chi connectivity index (χ1) is 8.39. The summed E-state index contributed by atoms with van der Waals surface area (Å²) in [5.41, 5.74) is 3.11. The summed E-state index contributed by atoms with van der Waals surface area (Å²) in [5, 5.41) is 4.64. The van der Waals surface area contributed by atoms with Crippen LogP contribution in [-0.4, -0.2) is 17.6 Å². The molecule has 0 aliphatic heterocycles. The van der Waals surface area contributed by atoms with Crippen LogP contribution in [0.1, 0.15) is 26.5 Å². The zero-order chi connectivity index (χ0) is 13.3. The molecule has 0 aliphatic rings. The fourth-order valence-electron chi connectivity index (χ4n) is 1.98. The number of hydrogen-bond donors (Lipinski definition) is 1. The van der Waals surface area contributed by atoms with Gasteiger partial charge in [-0.25, -0.2) is 0 Å². The summed E-state index contributed by atoms with van der Waals surface area (Å²) in [6, 6.07) is 8.07. The molecule has 2 rings (SSSR count). The molecule has 1 aromatic heterocycles. The van der Waals surface area contributed by atoms with E-state index in [9.17, 15) is 0 Å². The summed E-state index contributed by atoms with van der Waals surface area (Å²) in [7, 11) is 1.67. The average molecular weight is 244 g/mol. The summed E-state index contributed by atoms with van der Waals surface area (Å²) in [5.74, 6) is 0.835. The number of methoxy groups -OCH3 is 1. The van der Waals surface area contributed by atoms with Gasteiger partial charge in [0.05, 0.1) is 12.6 Å². The van der Waals surface area contributed by atoms with Gasteiger partial charge in [-0.15, -0.1) is 0 Å². The van der Waals surface area contributed by atoms with E-state index in [0.717, 1.165) is 28.0 Å². The van der Waals surface area contributed by atoms with Crippen molar-refractivity contribution in [2.75, 3.05) is 12.4 Å². The Balaban J connectivity index is 2.59. The number of aromatic nitrogens is 1. The molecule has 0 fully saturated rings. The molecule has 0 bridgehead atoms. The Morgan fingerprint density at radius 1 is 1.17 bits per heavy atom. The van der Waals surface area contributed by atoms with Crippen molar-refractivity contribution in [2.45, 2.75) is 33.2 Å². The van der Waals surface area contributed by atoms with Crippen LogP contribution in [0.25, 0.3) is 10.9 Å². The number of aryl methyl sites for hydroxylation is 1. The molecule has 0 atom stereocenters. The van der Waals surface area contributed by atoms with Crippen molar-refractivity contribution in [1.82, 2.24) is 4.98 Å². The molecule has 2 aromatic rings. The van der Waals surface area contributed by atoms with Crippen LogP contribution in [0.4, 0.5) is 5.69 Å². The van der Waals surface area contributed by atoms with Crippen molar-refractivity contribution >= 4 is 16.6 Å². The second-order valence-corrected chi connectivity index (χ2v) is 5.57. The number of fused-ring (bicyclic) bond motifs is 1. The largest absolute Gasteiger partial charge is 0.497 e. The van der Waals surface area contributed by atoms with Crippen molar-refractivity contribution in [3.8, 4) is 5.75 Å². The Kier molecular flexibility index (Phi) is 3.16. The summed E-state index contributed by atoms with van der Waals surface area (Å²) in [6.45, 7) is 8.46. The number of nitrogens with zero attached hydrogens (tertiary/aromatic N) is 1. The lowest BCUT2D eigenvalue weighted by molar-refractivity contribution is 0.415. The van der Waals surface area contributed by atoms with Gasteiger partial charge in [-0.05, 0) is 45.9 Å². The van der Waals surface area contributed by atoms with Gasteiger partial charge in [-0.2, -0.15) is 0 Å². The topological polar surface area (TPSA) is 34.1 Å². The predicted molar refractivity (Wildman–Crippen MR) is 76.4 cm³/mol. The molecule has 0 unspecified atom stereocenters. The SMILES string of the molecule is COc1ccc2c(NC(C)(C)C)cc(C)nc2c1. The van der Waals surface area contributed by atoms with E-state index >= 15 is 0 Å². The van der Waals surface area contributed by atoms with Crippen LogP contribution in [0, 0.1) is 6.92 Å². The van der Waals surface area contributed by atoms with Gasteiger partial charge >= 0.3 is 0 Å². The zero-order valence-electron chi connectivity index (χ0n) is 11.7. The van der Waals surface area contributed by atoms with Crippen LogP contribution < -0.4 is 10.1 Å². The number of anilines is 1. The fraction of sp³-hybridized carbons (Fsp3) is 0.400. The molecule has 3 nitrogen and oxygen atoms in total. The van der Waals surface area contributed by atoms with Crippen LogP contribution in [0.2, 0.25) is 0 Å². The standard InChI is InChI=1S/C15H20N2O/c1-10-8-14(17-15(2,3)4)12-7-6-11(18-5)9-13(12)16-10/h6-9H,1-5H3,(H,16,17). The number of benzene rings is 1. The Morgan fingerprint density at radius 3 is 2.50 bits per heavy atom. The highest BCUT2D eigenvalue weighted by Crippen LogP contribution is 2.28. The third-order valence-corrected chi connectivity index (χ3v) is 2.65. The third-order valence-electron chi connectivity index (χ3n) is 2.65. The smallest absolute Gasteiger partial charge is 0.121 e. The maximum atomic E-state index is 5.24. The average Bonchev–Trinajstić information content (AvgIpc) is 2.25. The molecule has 1 aromatic carbocycles. The molecule has 96 valence electrons. The minimum atomic E-state index is 0.0284. The minimum Gasteiger partial charge on any atom is -0.497 e. The highest BCUT2D eigenvalue weighted by molar-refractivity contribution is 5.92. The van der Waals surface area contributed by atoms with Gasteiger partial charge in [0.15, 0.2) is 0 Å². The van der Waals surface area contributed by atoms with E-state index in [-0.39, 0.29) is 5.54 Å². The summed E-state index contributed by atoms with van der Waals surface area (Å²) >= 11 is 0. The van der Waals surface area contributed by atoms with Gasteiger partial charge in [0.1, 0.15) is 5.75 Å². The van der Waals surface area contributed by atoms with Gasteiger partial charge in [-0.3, -0.25) is 4.98 Å². The molecule has 18 heavy (non-hydrogen) atoms. The van der Waals surface area contributed by atoms with E-state index in [1.54, 1.807) is 7.11 Å². The molecule has 0 saturated heterocycles. The van der Waals surface area contributed by atoms with Crippen molar-refractivity contribution in [1.29, 1.82) is 0 Å². The van der Waals surface area contributed by atoms with Crippen LogP contribution in [-0.2, 0) is 0 Å².